The highest BCUT2D eigenvalue weighted by atomic mass is 35.5. The molecule has 3 rings (SSSR count). The number of hydrogen-bond acceptors (Lipinski definition) is 3. The van der Waals surface area contributed by atoms with Crippen LogP contribution in [-0.2, 0) is 11.2 Å². The molecule has 0 unspecified atom stereocenters. The fourth-order valence-electron chi connectivity index (χ4n) is 3.21. The molecule has 1 fully saturated rings. The summed E-state index contributed by atoms with van der Waals surface area (Å²) in [5.41, 5.74) is 2.68. The van der Waals surface area contributed by atoms with E-state index in [-0.39, 0.29) is 5.91 Å². The van der Waals surface area contributed by atoms with Crippen molar-refractivity contribution in [1.29, 1.82) is 0 Å². The number of likely N-dealkylation sites (tertiary alicyclic amines) is 1. The fourth-order valence-corrected chi connectivity index (χ4v) is 3.38. The number of aryl methyl sites for hydroxylation is 1. The van der Waals surface area contributed by atoms with Crippen LogP contribution in [0.4, 0.5) is 0 Å². The molecule has 1 saturated heterocycles. The molecule has 0 saturated carbocycles. The maximum atomic E-state index is 12.6. The van der Waals surface area contributed by atoms with Crippen LogP contribution in [0.3, 0.4) is 0 Å². The number of piperidine rings is 1. The number of benzene rings is 1. The Morgan fingerprint density at radius 1 is 1.39 bits per heavy atom. The zero-order chi connectivity index (χ0) is 16.6. The normalized spacial score (nSPS) is 16.9. The Kier molecular flexibility index (Phi) is 4.64. The van der Waals surface area contributed by atoms with Crippen LogP contribution in [0.5, 0.6) is 0 Å². The number of hydrogen-bond donors (Lipinski definition) is 0. The van der Waals surface area contributed by atoms with E-state index in [0.29, 0.717) is 17.5 Å². The first-order valence-electron chi connectivity index (χ1n) is 8.06. The lowest BCUT2D eigenvalue weighted by molar-refractivity contribution is -0.132. The van der Waals surface area contributed by atoms with Gasteiger partial charge in [-0.15, -0.1) is 0 Å². The highest BCUT2D eigenvalue weighted by molar-refractivity contribution is 6.32. The van der Waals surface area contributed by atoms with Crippen molar-refractivity contribution < 1.29 is 9.21 Å². The second-order valence-electron chi connectivity index (χ2n) is 6.57. The van der Waals surface area contributed by atoms with Crippen molar-refractivity contribution >= 4 is 28.5 Å². The Morgan fingerprint density at radius 3 is 2.78 bits per heavy atom. The van der Waals surface area contributed by atoms with Crippen molar-refractivity contribution in [3.63, 3.8) is 0 Å². The Hall–Kier alpha value is -1.52. The van der Waals surface area contributed by atoms with Gasteiger partial charge in [0.25, 0.3) is 0 Å². The third-order valence-corrected chi connectivity index (χ3v) is 5.31. The summed E-state index contributed by atoms with van der Waals surface area (Å²) in [6.07, 6.45) is 4.11. The summed E-state index contributed by atoms with van der Waals surface area (Å²) in [6.45, 7) is 4.04. The number of carbonyl (C=O) groups excluding carboxylic acids is 1. The van der Waals surface area contributed by atoms with E-state index in [2.05, 4.69) is 11.9 Å². The van der Waals surface area contributed by atoms with E-state index in [4.69, 9.17) is 16.0 Å². The Balaban J connectivity index is 1.74. The lowest BCUT2D eigenvalue weighted by Crippen LogP contribution is -2.44. The maximum absolute atomic E-state index is 12.6. The van der Waals surface area contributed by atoms with Crippen molar-refractivity contribution in [2.75, 3.05) is 27.2 Å². The van der Waals surface area contributed by atoms with E-state index in [1.54, 1.807) is 6.26 Å². The number of carbonyl (C=O) groups is 1. The average molecular weight is 335 g/mol. The Labute approximate surface area is 142 Å². The second kappa shape index (κ2) is 6.54. The number of fused-ring (bicyclic) bond motifs is 1. The van der Waals surface area contributed by atoms with Gasteiger partial charge in [-0.1, -0.05) is 11.6 Å². The lowest BCUT2D eigenvalue weighted by atomic mass is 10.0. The smallest absolute Gasteiger partial charge is 0.227 e. The lowest BCUT2D eigenvalue weighted by Gasteiger charge is -2.35. The molecular formula is C18H23ClN2O2. The number of nitrogens with zero attached hydrogens (tertiary/aromatic N) is 2. The summed E-state index contributed by atoms with van der Waals surface area (Å²) >= 11 is 6.21. The maximum Gasteiger partial charge on any atom is 0.227 e. The molecule has 1 aliphatic rings. The number of rotatable bonds is 3. The SMILES string of the molecule is Cc1cc2occ(CC(=O)N(C)C3CCN(C)CC3)c2cc1Cl. The van der Waals surface area contributed by atoms with Crippen molar-refractivity contribution in [2.24, 2.45) is 0 Å². The third-order valence-electron chi connectivity index (χ3n) is 4.91. The minimum Gasteiger partial charge on any atom is -0.464 e. The van der Waals surface area contributed by atoms with E-state index in [9.17, 15) is 4.79 Å². The van der Waals surface area contributed by atoms with Crippen molar-refractivity contribution in [2.45, 2.75) is 32.2 Å². The molecule has 4 nitrogen and oxygen atoms in total. The van der Waals surface area contributed by atoms with E-state index in [1.807, 2.05) is 31.0 Å². The molecule has 1 aromatic heterocycles. The highest BCUT2D eigenvalue weighted by Crippen LogP contribution is 2.28. The molecule has 0 aliphatic carbocycles. The van der Waals surface area contributed by atoms with Crippen LogP contribution in [0.15, 0.2) is 22.8 Å². The molecule has 5 heteroatoms. The Morgan fingerprint density at radius 2 is 2.09 bits per heavy atom. The van der Waals surface area contributed by atoms with Gasteiger partial charge < -0.3 is 14.2 Å². The molecule has 1 aromatic carbocycles. The molecule has 2 heterocycles. The van der Waals surface area contributed by atoms with E-state index in [1.165, 1.54) is 0 Å². The van der Waals surface area contributed by atoms with E-state index < -0.39 is 0 Å². The fraction of sp³-hybridized carbons (Fsp3) is 0.500. The summed E-state index contributed by atoms with van der Waals surface area (Å²) in [4.78, 5) is 16.8. The quantitative estimate of drug-likeness (QED) is 0.862. The van der Waals surface area contributed by atoms with Gasteiger partial charge in [-0.2, -0.15) is 0 Å². The van der Waals surface area contributed by atoms with Gasteiger partial charge in [-0.25, -0.2) is 0 Å². The molecule has 0 spiro atoms. The molecule has 1 aliphatic heterocycles. The first kappa shape index (κ1) is 16.3. The summed E-state index contributed by atoms with van der Waals surface area (Å²) in [5, 5.41) is 1.64. The monoisotopic (exact) mass is 334 g/mol. The predicted molar refractivity (Wildman–Crippen MR) is 93.0 cm³/mol. The average Bonchev–Trinajstić information content (AvgIpc) is 2.90. The number of likely N-dealkylation sites (N-methyl/N-ethyl adjacent to an activating group) is 1. The number of halogens is 1. The van der Waals surface area contributed by atoms with Gasteiger partial charge in [0.1, 0.15) is 5.58 Å². The minimum atomic E-state index is 0.138. The summed E-state index contributed by atoms with van der Waals surface area (Å²) in [6, 6.07) is 4.16. The van der Waals surface area contributed by atoms with E-state index >= 15 is 0 Å². The predicted octanol–water partition coefficient (Wildman–Crippen LogP) is 3.49. The zero-order valence-electron chi connectivity index (χ0n) is 13.9. The standard InChI is InChI=1S/C18H23ClN2O2/c1-12-8-17-15(10-16(12)19)13(11-23-17)9-18(22)21(3)14-4-6-20(2)7-5-14/h8,10-11,14H,4-7,9H2,1-3H3. The van der Waals surface area contributed by atoms with Crippen LogP contribution in [0, 0.1) is 6.92 Å². The largest absolute Gasteiger partial charge is 0.464 e. The molecule has 0 N–H and O–H groups in total. The molecule has 2 aromatic rings. The summed E-state index contributed by atoms with van der Waals surface area (Å²) in [5.74, 6) is 0.138. The van der Waals surface area contributed by atoms with Gasteiger partial charge in [-0.3, -0.25) is 4.79 Å². The Bertz CT molecular complexity index is 717. The molecular weight excluding hydrogens is 312 g/mol. The third kappa shape index (κ3) is 3.38. The molecule has 0 radical (unpaired) electrons. The van der Waals surface area contributed by atoms with Gasteiger partial charge in [-0.05, 0) is 57.6 Å². The van der Waals surface area contributed by atoms with Crippen LogP contribution in [0.2, 0.25) is 5.02 Å². The number of amides is 1. The molecule has 1 amide bonds. The van der Waals surface area contributed by atoms with Gasteiger partial charge in [0.05, 0.1) is 12.7 Å². The first-order chi connectivity index (χ1) is 11.0. The van der Waals surface area contributed by atoms with Crippen LogP contribution >= 0.6 is 11.6 Å². The zero-order valence-corrected chi connectivity index (χ0v) is 14.7. The van der Waals surface area contributed by atoms with Crippen molar-refractivity contribution in [1.82, 2.24) is 9.80 Å². The van der Waals surface area contributed by atoms with Gasteiger partial charge in [0.15, 0.2) is 0 Å². The van der Waals surface area contributed by atoms with Gasteiger partial charge >= 0.3 is 0 Å². The van der Waals surface area contributed by atoms with Crippen LogP contribution in [0.25, 0.3) is 11.0 Å². The minimum absolute atomic E-state index is 0.138. The summed E-state index contributed by atoms with van der Waals surface area (Å²) in [7, 11) is 4.04. The summed E-state index contributed by atoms with van der Waals surface area (Å²) < 4.78 is 5.59. The molecule has 124 valence electrons. The van der Waals surface area contributed by atoms with Gasteiger partial charge in [0.2, 0.25) is 5.91 Å². The second-order valence-corrected chi connectivity index (χ2v) is 6.98. The molecule has 0 atom stereocenters. The highest BCUT2D eigenvalue weighted by Gasteiger charge is 2.24. The van der Waals surface area contributed by atoms with Crippen LogP contribution in [0.1, 0.15) is 24.0 Å². The van der Waals surface area contributed by atoms with Crippen molar-refractivity contribution in [3.05, 3.63) is 34.5 Å². The van der Waals surface area contributed by atoms with E-state index in [0.717, 1.165) is 48.0 Å². The van der Waals surface area contributed by atoms with Crippen LogP contribution in [-0.4, -0.2) is 48.9 Å². The molecule has 23 heavy (non-hydrogen) atoms. The van der Waals surface area contributed by atoms with Crippen molar-refractivity contribution in [3.8, 4) is 0 Å². The first-order valence-corrected chi connectivity index (χ1v) is 8.44. The topological polar surface area (TPSA) is 36.7 Å². The van der Waals surface area contributed by atoms with Gasteiger partial charge in [0, 0.05) is 29.1 Å². The molecule has 0 bridgehead atoms. The number of furan rings is 1. The van der Waals surface area contributed by atoms with Crippen LogP contribution < -0.4 is 0 Å².